The third kappa shape index (κ3) is 7.54. The van der Waals surface area contributed by atoms with Crippen molar-refractivity contribution in [3.63, 3.8) is 0 Å². The topological polar surface area (TPSA) is 51.2 Å². The fourth-order valence-corrected chi connectivity index (χ4v) is 2.11. The number of ketones is 1. The van der Waals surface area contributed by atoms with E-state index in [1.807, 2.05) is 6.92 Å². The maximum absolute atomic E-state index is 11.7. The van der Waals surface area contributed by atoms with Crippen LogP contribution in [0.5, 0.6) is 0 Å². The molecule has 90 valence electrons. The molecule has 0 rings (SSSR count). The molecule has 4 heteroatoms. The van der Waals surface area contributed by atoms with Crippen LogP contribution in [0.4, 0.5) is 0 Å². The van der Waals surface area contributed by atoms with Crippen LogP contribution in [0.25, 0.3) is 0 Å². The molecular formula is C11H22O3S. The lowest BCUT2D eigenvalue weighted by atomic mass is 9.93. The standard InChI is InChI=1S/C11H22O3S/c1-4-6-7-10(5-2)11(12)8-9-15(3,13)14/h10H,4-9H2,1-3H3. The zero-order valence-electron chi connectivity index (χ0n) is 9.95. The molecule has 0 N–H and O–H groups in total. The van der Waals surface area contributed by atoms with Crippen LogP contribution in [-0.2, 0) is 14.6 Å². The van der Waals surface area contributed by atoms with Crippen LogP contribution in [0.1, 0.15) is 46.0 Å². The Morgan fingerprint density at radius 2 is 1.87 bits per heavy atom. The fraction of sp³-hybridized carbons (Fsp3) is 0.909. The van der Waals surface area contributed by atoms with E-state index in [-0.39, 0.29) is 23.9 Å². The number of sulfone groups is 1. The smallest absolute Gasteiger partial charge is 0.147 e. The first-order valence-electron chi connectivity index (χ1n) is 5.61. The minimum Gasteiger partial charge on any atom is -0.299 e. The summed E-state index contributed by atoms with van der Waals surface area (Å²) in [4.78, 5) is 11.7. The van der Waals surface area contributed by atoms with E-state index < -0.39 is 9.84 Å². The van der Waals surface area contributed by atoms with E-state index in [0.717, 1.165) is 25.7 Å². The average molecular weight is 234 g/mol. The molecule has 15 heavy (non-hydrogen) atoms. The van der Waals surface area contributed by atoms with E-state index in [1.54, 1.807) is 0 Å². The number of hydrogen-bond donors (Lipinski definition) is 0. The van der Waals surface area contributed by atoms with Gasteiger partial charge in [0.15, 0.2) is 0 Å². The zero-order chi connectivity index (χ0) is 11.9. The van der Waals surface area contributed by atoms with Gasteiger partial charge in [0, 0.05) is 18.6 Å². The van der Waals surface area contributed by atoms with Crippen molar-refractivity contribution in [2.24, 2.45) is 5.92 Å². The van der Waals surface area contributed by atoms with Crippen molar-refractivity contribution in [3.8, 4) is 0 Å². The van der Waals surface area contributed by atoms with Gasteiger partial charge in [-0.1, -0.05) is 26.7 Å². The fourth-order valence-electron chi connectivity index (χ4n) is 1.53. The Morgan fingerprint density at radius 3 is 2.27 bits per heavy atom. The van der Waals surface area contributed by atoms with E-state index in [9.17, 15) is 13.2 Å². The Kier molecular flexibility index (Phi) is 6.81. The summed E-state index contributed by atoms with van der Waals surface area (Å²) in [5.41, 5.74) is 0. The van der Waals surface area contributed by atoms with Crippen molar-refractivity contribution in [2.75, 3.05) is 12.0 Å². The first-order chi connectivity index (χ1) is 6.90. The quantitative estimate of drug-likeness (QED) is 0.647. The minimum absolute atomic E-state index is 0.00550. The molecule has 0 aliphatic heterocycles. The van der Waals surface area contributed by atoms with Crippen LogP contribution in [0.15, 0.2) is 0 Å². The predicted molar refractivity (Wildman–Crippen MR) is 62.6 cm³/mol. The van der Waals surface area contributed by atoms with Crippen molar-refractivity contribution >= 4 is 15.6 Å². The lowest BCUT2D eigenvalue weighted by molar-refractivity contribution is -0.122. The normalized spacial score (nSPS) is 13.8. The van der Waals surface area contributed by atoms with E-state index in [4.69, 9.17) is 0 Å². The van der Waals surface area contributed by atoms with Gasteiger partial charge < -0.3 is 0 Å². The van der Waals surface area contributed by atoms with Gasteiger partial charge in [-0.25, -0.2) is 8.42 Å². The van der Waals surface area contributed by atoms with Crippen LogP contribution < -0.4 is 0 Å². The number of unbranched alkanes of at least 4 members (excludes halogenated alkanes) is 1. The first kappa shape index (κ1) is 14.6. The van der Waals surface area contributed by atoms with Crippen LogP contribution in [0.3, 0.4) is 0 Å². The van der Waals surface area contributed by atoms with Gasteiger partial charge in [-0.2, -0.15) is 0 Å². The zero-order valence-corrected chi connectivity index (χ0v) is 10.8. The molecule has 1 unspecified atom stereocenters. The van der Waals surface area contributed by atoms with Gasteiger partial charge in [-0.05, 0) is 12.8 Å². The van der Waals surface area contributed by atoms with Gasteiger partial charge >= 0.3 is 0 Å². The van der Waals surface area contributed by atoms with Gasteiger partial charge in [0.2, 0.25) is 0 Å². The number of rotatable bonds is 8. The highest BCUT2D eigenvalue weighted by atomic mass is 32.2. The first-order valence-corrected chi connectivity index (χ1v) is 7.67. The molecule has 0 saturated heterocycles. The monoisotopic (exact) mass is 234 g/mol. The Balaban J connectivity index is 4.04. The second-order valence-corrected chi connectivity index (χ2v) is 6.35. The van der Waals surface area contributed by atoms with Gasteiger partial charge in [-0.3, -0.25) is 4.79 Å². The molecule has 1 atom stereocenters. The van der Waals surface area contributed by atoms with Gasteiger partial charge in [0.1, 0.15) is 15.6 Å². The summed E-state index contributed by atoms with van der Waals surface area (Å²) in [5, 5.41) is 0. The summed E-state index contributed by atoms with van der Waals surface area (Å²) >= 11 is 0. The average Bonchev–Trinajstić information content (AvgIpc) is 2.15. The number of carbonyl (C=O) groups is 1. The number of hydrogen-bond acceptors (Lipinski definition) is 3. The Bertz CT molecular complexity index is 280. The van der Waals surface area contributed by atoms with E-state index >= 15 is 0 Å². The van der Waals surface area contributed by atoms with Crippen molar-refractivity contribution in [3.05, 3.63) is 0 Å². The Labute approximate surface area is 93.2 Å². The Hall–Kier alpha value is -0.380. The van der Waals surface area contributed by atoms with Crippen molar-refractivity contribution < 1.29 is 13.2 Å². The Morgan fingerprint density at radius 1 is 1.27 bits per heavy atom. The highest BCUT2D eigenvalue weighted by Crippen LogP contribution is 2.15. The molecule has 0 spiro atoms. The molecule has 0 aliphatic carbocycles. The predicted octanol–water partition coefficient (Wildman–Crippen LogP) is 2.21. The maximum atomic E-state index is 11.7. The molecule has 0 amide bonds. The highest BCUT2D eigenvalue weighted by Gasteiger charge is 2.17. The second-order valence-electron chi connectivity index (χ2n) is 4.09. The summed E-state index contributed by atoms with van der Waals surface area (Å²) in [6.07, 6.45) is 5.20. The molecule has 0 heterocycles. The lowest BCUT2D eigenvalue weighted by Crippen LogP contribution is -2.17. The molecule has 0 fully saturated rings. The molecule has 0 aromatic rings. The van der Waals surface area contributed by atoms with Gasteiger partial charge in [-0.15, -0.1) is 0 Å². The van der Waals surface area contributed by atoms with Gasteiger partial charge in [0.25, 0.3) is 0 Å². The summed E-state index contributed by atoms with van der Waals surface area (Å²) in [5.74, 6) is 0.164. The molecule has 0 aromatic heterocycles. The molecule has 0 bridgehead atoms. The maximum Gasteiger partial charge on any atom is 0.147 e. The molecule has 3 nitrogen and oxygen atoms in total. The third-order valence-electron chi connectivity index (χ3n) is 2.57. The number of Topliss-reactive ketones (excluding diaryl/α,β-unsaturated/α-hetero) is 1. The van der Waals surface area contributed by atoms with Crippen molar-refractivity contribution in [1.29, 1.82) is 0 Å². The highest BCUT2D eigenvalue weighted by molar-refractivity contribution is 7.90. The summed E-state index contributed by atoms with van der Waals surface area (Å²) in [6.45, 7) is 4.08. The van der Waals surface area contributed by atoms with E-state index in [2.05, 4.69) is 6.92 Å². The third-order valence-corrected chi connectivity index (χ3v) is 3.52. The van der Waals surface area contributed by atoms with Crippen LogP contribution >= 0.6 is 0 Å². The van der Waals surface area contributed by atoms with E-state index in [1.165, 1.54) is 6.26 Å². The molecular weight excluding hydrogens is 212 g/mol. The van der Waals surface area contributed by atoms with Crippen LogP contribution in [-0.4, -0.2) is 26.2 Å². The van der Waals surface area contributed by atoms with Crippen molar-refractivity contribution in [2.45, 2.75) is 46.0 Å². The lowest BCUT2D eigenvalue weighted by Gasteiger charge is -2.12. The summed E-state index contributed by atoms with van der Waals surface area (Å²) < 4.78 is 21.8. The van der Waals surface area contributed by atoms with Crippen LogP contribution in [0, 0.1) is 5.92 Å². The summed E-state index contributed by atoms with van der Waals surface area (Å²) in [7, 11) is -3.00. The van der Waals surface area contributed by atoms with Crippen LogP contribution in [0.2, 0.25) is 0 Å². The molecule has 0 saturated carbocycles. The van der Waals surface area contributed by atoms with E-state index in [0.29, 0.717) is 0 Å². The SMILES string of the molecule is CCCCC(CC)C(=O)CCS(C)(=O)=O. The van der Waals surface area contributed by atoms with Gasteiger partial charge in [0.05, 0.1) is 5.75 Å². The second kappa shape index (κ2) is 6.99. The largest absolute Gasteiger partial charge is 0.299 e. The number of carbonyl (C=O) groups excluding carboxylic acids is 1. The molecule has 0 aliphatic rings. The summed E-state index contributed by atoms with van der Waals surface area (Å²) in [6, 6.07) is 0. The molecule has 0 radical (unpaired) electrons. The van der Waals surface area contributed by atoms with Crippen molar-refractivity contribution in [1.82, 2.24) is 0 Å². The minimum atomic E-state index is -3.00. The molecule has 0 aromatic carbocycles.